The van der Waals surface area contributed by atoms with Crippen LogP contribution in [0.1, 0.15) is 39.5 Å². The Balaban J connectivity index is 2.19. The molecule has 1 aromatic rings. The monoisotopic (exact) mass is 279 g/mol. The van der Waals surface area contributed by atoms with E-state index in [4.69, 9.17) is 5.73 Å². The van der Waals surface area contributed by atoms with Gasteiger partial charge in [-0.05, 0) is 24.7 Å². The fourth-order valence-corrected chi connectivity index (χ4v) is 2.97. The fourth-order valence-electron chi connectivity index (χ4n) is 2.97. The number of rotatable bonds is 4. The fraction of sp³-hybridized carbons (Fsp3) is 0.692. The van der Waals surface area contributed by atoms with E-state index in [1.807, 2.05) is 0 Å². The van der Waals surface area contributed by atoms with Crippen LogP contribution >= 0.6 is 0 Å². The van der Waals surface area contributed by atoms with Crippen LogP contribution in [-0.4, -0.2) is 28.0 Å². The van der Waals surface area contributed by atoms with Crippen molar-refractivity contribution in [2.45, 2.75) is 39.5 Å². The van der Waals surface area contributed by atoms with Crippen LogP contribution in [0.4, 0.5) is 17.5 Å². The average molecular weight is 279 g/mol. The first-order chi connectivity index (χ1) is 9.45. The number of hydrogen-bond acceptors (Lipinski definition) is 6. The summed E-state index contributed by atoms with van der Waals surface area (Å²) in [7, 11) is 0. The number of nitro groups is 1. The highest BCUT2D eigenvalue weighted by atomic mass is 16.6. The number of nitrogens with zero attached hydrogens (tertiary/aromatic N) is 4. The molecular formula is C13H21N5O2. The van der Waals surface area contributed by atoms with Gasteiger partial charge in [0.15, 0.2) is 0 Å². The van der Waals surface area contributed by atoms with Crippen molar-refractivity contribution in [3.63, 3.8) is 0 Å². The van der Waals surface area contributed by atoms with Crippen LogP contribution in [0.2, 0.25) is 0 Å². The first-order valence-corrected chi connectivity index (χ1v) is 6.97. The van der Waals surface area contributed by atoms with Crippen molar-refractivity contribution in [3.05, 3.63) is 16.3 Å². The van der Waals surface area contributed by atoms with Crippen LogP contribution in [0.3, 0.4) is 0 Å². The first kappa shape index (κ1) is 14.5. The quantitative estimate of drug-likeness (QED) is 0.671. The lowest BCUT2D eigenvalue weighted by atomic mass is 9.78. The molecule has 1 fully saturated rings. The normalized spacial score (nSPS) is 22.8. The number of nitrogens with two attached hydrogens (primary N) is 1. The Bertz CT molecular complexity index is 504. The maximum atomic E-state index is 10.7. The van der Waals surface area contributed by atoms with Crippen molar-refractivity contribution in [1.82, 2.24) is 9.97 Å². The summed E-state index contributed by atoms with van der Waals surface area (Å²) in [5, 5.41) is 10.7. The molecule has 7 nitrogen and oxygen atoms in total. The second kappa shape index (κ2) is 5.60. The van der Waals surface area contributed by atoms with Crippen molar-refractivity contribution >= 4 is 17.5 Å². The Morgan fingerprint density at radius 3 is 2.95 bits per heavy atom. The average Bonchev–Trinajstić information content (AvgIpc) is 2.38. The van der Waals surface area contributed by atoms with E-state index in [2.05, 4.69) is 28.7 Å². The first-order valence-electron chi connectivity index (χ1n) is 6.97. The number of anilines is 2. The highest BCUT2D eigenvalue weighted by Gasteiger charge is 2.31. The summed E-state index contributed by atoms with van der Waals surface area (Å²) in [6.45, 7) is 6.20. The third-order valence-electron chi connectivity index (χ3n) is 3.90. The predicted molar refractivity (Wildman–Crippen MR) is 77.6 cm³/mol. The topological polar surface area (TPSA) is 98.2 Å². The van der Waals surface area contributed by atoms with Gasteiger partial charge in [-0.3, -0.25) is 10.1 Å². The van der Waals surface area contributed by atoms with Gasteiger partial charge in [-0.15, -0.1) is 0 Å². The van der Waals surface area contributed by atoms with Gasteiger partial charge in [0.05, 0.1) is 4.92 Å². The van der Waals surface area contributed by atoms with Gasteiger partial charge in [0, 0.05) is 13.1 Å². The highest BCUT2D eigenvalue weighted by Crippen LogP contribution is 2.35. The maximum absolute atomic E-state index is 10.7. The molecule has 2 heterocycles. The molecule has 1 unspecified atom stereocenters. The molecule has 0 amide bonds. The Hall–Kier alpha value is -1.92. The van der Waals surface area contributed by atoms with Gasteiger partial charge < -0.3 is 10.6 Å². The van der Waals surface area contributed by atoms with Crippen molar-refractivity contribution in [2.75, 3.05) is 23.7 Å². The summed E-state index contributed by atoms with van der Waals surface area (Å²) < 4.78 is 0. The summed E-state index contributed by atoms with van der Waals surface area (Å²) in [6, 6.07) is 0. The third-order valence-corrected chi connectivity index (χ3v) is 3.90. The van der Waals surface area contributed by atoms with Crippen LogP contribution < -0.4 is 10.6 Å². The Morgan fingerprint density at radius 2 is 2.35 bits per heavy atom. The van der Waals surface area contributed by atoms with Crippen LogP contribution in [0.25, 0.3) is 0 Å². The summed E-state index contributed by atoms with van der Waals surface area (Å²) >= 11 is 0. The minimum atomic E-state index is -0.559. The Morgan fingerprint density at radius 1 is 1.60 bits per heavy atom. The van der Waals surface area contributed by atoms with E-state index >= 15 is 0 Å². The largest absolute Gasteiger partial charge is 0.378 e. The zero-order chi connectivity index (χ0) is 14.8. The van der Waals surface area contributed by atoms with Gasteiger partial charge >= 0.3 is 5.69 Å². The molecule has 0 aromatic carbocycles. The lowest BCUT2D eigenvalue weighted by molar-refractivity contribution is -0.384. The Labute approximate surface area is 118 Å². The summed E-state index contributed by atoms with van der Waals surface area (Å²) in [6.07, 6.45) is 5.78. The smallest absolute Gasteiger partial charge is 0.329 e. The lowest BCUT2D eigenvalue weighted by Crippen LogP contribution is -2.42. The highest BCUT2D eigenvalue weighted by molar-refractivity contribution is 5.53. The molecule has 7 heteroatoms. The molecule has 20 heavy (non-hydrogen) atoms. The molecule has 1 aromatic heterocycles. The van der Waals surface area contributed by atoms with E-state index < -0.39 is 4.92 Å². The minimum absolute atomic E-state index is 0.0669. The molecule has 0 spiro atoms. The zero-order valence-electron chi connectivity index (χ0n) is 12.0. The molecular weight excluding hydrogens is 258 g/mol. The Kier molecular flexibility index (Phi) is 4.06. The molecule has 0 radical (unpaired) electrons. The van der Waals surface area contributed by atoms with E-state index in [0.717, 1.165) is 32.4 Å². The van der Waals surface area contributed by atoms with Crippen molar-refractivity contribution in [1.29, 1.82) is 0 Å². The molecule has 1 saturated heterocycles. The molecule has 2 rings (SSSR count). The number of aromatic nitrogens is 2. The van der Waals surface area contributed by atoms with Gasteiger partial charge in [-0.2, -0.15) is 4.98 Å². The number of nitrogen functional groups attached to an aromatic ring is 1. The van der Waals surface area contributed by atoms with E-state index in [1.165, 1.54) is 12.6 Å². The van der Waals surface area contributed by atoms with Crippen LogP contribution in [-0.2, 0) is 0 Å². The van der Waals surface area contributed by atoms with E-state index in [0.29, 0.717) is 5.95 Å². The lowest BCUT2D eigenvalue weighted by Gasteiger charge is -2.40. The minimum Gasteiger partial charge on any atom is -0.378 e. The van der Waals surface area contributed by atoms with E-state index in [-0.39, 0.29) is 16.9 Å². The SMILES string of the molecule is CCCC1(C)CCCN(c2ncc([N+](=O)[O-])c(N)n2)C1. The third kappa shape index (κ3) is 2.97. The summed E-state index contributed by atoms with van der Waals surface area (Å²) in [5.41, 5.74) is 5.66. The van der Waals surface area contributed by atoms with Gasteiger partial charge in [0.1, 0.15) is 6.20 Å². The molecule has 1 aliphatic rings. The van der Waals surface area contributed by atoms with E-state index in [1.54, 1.807) is 0 Å². The molecule has 0 bridgehead atoms. The van der Waals surface area contributed by atoms with Crippen LogP contribution in [0.15, 0.2) is 6.20 Å². The molecule has 0 aliphatic carbocycles. The second-order valence-electron chi connectivity index (χ2n) is 5.78. The number of hydrogen-bond donors (Lipinski definition) is 1. The van der Waals surface area contributed by atoms with Gasteiger partial charge in [-0.1, -0.05) is 20.3 Å². The van der Waals surface area contributed by atoms with Gasteiger partial charge in [-0.25, -0.2) is 4.98 Å². The maximum Gasteiger partial charge on any atom is 0.329 e. The second-order valence-corrected chi connectivity index (χ2v) is 5.78. The van der Waals surface area contributed by atoms with Crippen molar-refractivity contribution < 1.29 is 4.92 Å². The molecule has 1 aliphatic heterocycles. The molecule has 0 saturated carbocycles. The molecule has 1 atom stereocenters. The molecule has 110 valence electrons. The van der Waals surface area contributed by atoms with Crippen molar-refractivity contribution in [2.24, 2.45) is 5.41 Å². The van der Waals surface area contributed by atoms with Gasteiger partial charge in [0.25, 0.3) is 0 Å². The predicted octanol–water partition coefficient (Wildman–Crippen LogP) is 2.37. The zero-order valence-corrected chi connectivity index (χ0v) is 12.0. The standard InChI is InChI=1S/C13H21N5O2/c1-3-5-13(2)6-4-7-17(9-13)12-15-8-10(18(19)20)11(14)16-12/h8H,3-7,9H2,1-2H3,(H2,14,15,16). The summed E-state index contributed by atoms with van der Waals surface area (Å²) in [5.74, 6) is 0.429. The number of piperidine rings is 1. The summed E-state index contributed by atoms with van der Waals surface area (Å²) in [4.78, 5) is 20.5. The van der Waals surface area contributed by atoms with Gasteiger partial charge in [0.2, 0.25) is 11.8 Å². The van der Waals surface area contributed by atoms with Crippen molar-refractivity contribution in [3.8, 4) is 0 Å². The van der Waals surface area contributed by atoms with Crippen LogP contribution in [0, 0.1) is 15.5 Å². The molecule has 2 N–H and O–H groups in total. The van der Waals surface area contributed by atoms with Crippen LogP contribution in [0.5, 0.6) is 0 Å². The van der Waals surface area contributed by atoms with E-state index in [9.17, 15) is 10.1 Å².